The molecule has 7 N–H and O–H groups in total. The normalized spacial score (nSPS) is 14.4. The van der Waals surface area contributed by atoms with Gasteiger partial charge in [0.1, 0.15) is 15.0 Å². The van der Waals surface area contributed by atoms with Crippen LogP contribution in [-0.2, 0) is 36.5 Å². The molecule has 0 atom stereocenters. The Hall–Kier alpha value is -10.1. The fraction of sp³-hybridized carbons (Fsp3) is 0.291. The van der Waals surface area contributed by atoms with Crippen LogP contribution in [0.2, 0.25) is 0 Å². The van der Waals surface area contributed by atoms with Crippen molar-refractivity contribution < 1.29 is 42.6 Å². The van der Waals surface area contributed by atoms with Gasteiger partial charge >= 0.3 is 7.12 Å². The zero-order valence-corrected chi connectivity index (χ0v) is 69.0. The summed E-state index contributed by atoms with van der Waals surface area (Å²) in [6, 6.07) is 48.4. The van der Waals surface area contributed by atoms with Crippen LogP contribution in [0.3, 0.4) is 0 Å². The minimum absolute atomic E-state index is 0.0427. The van der Waals surface area contributed by atoms with Gasteiger partial charge in [0, 0.05) is 81.9 Å². The van der Waals surface area contributed by atoms with Crippen LogP contribution >= 0.6 is 49.9 Å². The second-order valence-electron chi connectivity index (χ2n) is 28.7. The predicted molar refractivity (Wildman–Crippen MR) is 455 cm³/mol. The monoisotopic (exact) mass is 1610 g/mol. The number of H-pyrrole nitrogens is 2. The summed E-state index contributed by atoms with van der Waals surface area (Å²) >= 11 is 8.32. The van der Waals surface area contributed by atoms with Gasteiger partial charge in [-0.2, -0.15) is 0 Å². The molecule has 0 unspecified atom stereocenters. The number of aromatic amines is 2. The summed E-state index contributed by atoms with van der Waals surface area (Å²) in [5, 5.41) is 17.7. The molecular weight excluding hydrogens is 1520 g/mol. The zero-order valence-electron chi connectivity index (χ0n) is 65.0. The van der Waals surface area contributed by atoms with Crippen molar-refractivity contribution in [3.05, 3.63) is 230 Å². The molecule has 4 aliphatic heterocycles. The van der Waals surface area contributed by atoms with E-state index in [-0.39, 0.29) is 47.9 Å². The van der Waals surface area contributed by atoms with Gasteiger partial charge in [-0.15, -0.1) is 34.0 Å². The summed E-state index contributed by atoms with van der Waals surface area (Å²) in [4.78, 5) is 95.9. The fourth-order valence-corrected chi connectivity index (χ4v) is 16.2. The van der Waals surface area contributed by atoms with Crippen molar-refractivity contribution in [2.75, 3.05) is 75.4 Å². The van der Waals surface area contributed by atoms with Crippen molar-refractivity contribution in [3.8, 4) is 52.6 Å². The van der Waals surface area contributed by atoms with Crippen molar-refractivity contribution in [2.24, 2.45) is 0 Å². The Morgan fingerprint density at radius 1 is 0.577 bits per heavy atom. The third kappa shape index (κ3) is 19.8. The molecule has 5 amide bonds. The van der Waals surface area contributed by atoms with Crippen molar-refractivity contribution in [1.82, 2.24) is 40.5 Å². The fourth-order valence-electron chi connectivity index (χ4n) is 13.1. The highest BCUT2D eigenvalue weighted by Gasteiger charge is 2.52. The van der Waals surface area contributed by atoms with Gasteiger partial charge in [0.05, 0.1) is 99.4 Å². The lowest BCUT2D eigenvalue weighted by atomic mass is 9.78. The number of hydrogen-bond acceptors (Lipinski definition) is 15. The molecule has 11 aromatic rings. The number of carbonyl (C=O) groups excluding carboxylic acids is 6. The summed E-state index contributed by atoms with van der Waals surface area (Å²) in [5.41, 5.74) is 17.4. The first-order valence-corrected chi connectivity index (χ1v) is 40.5. The molecule has 0 saturated carbocycles. The number of amides is 5. The molecule has 1 saturated heterocycles. The van der Waals surface area contributed by atoms with Crippen LogP contribution in [0, 0.1) is 27.7 Å². The van der Waals surface area contributed by atoms with Crippen LogP contribution in [0.4, 0.5) is 17.1 Å². The molecule has 0 radical (unpaired) electrons. The highest BCUT2D eigenvalue weighted by atomic mass is 79.9. The van der Waals surface area contributed by atoms with Crippen LogP contribution in [0.1, 0.15) is 131 Å². The first-order valence-electron chi connectivity index (χ1n) is 37.3. The third-order valence-electron chi connectivity index (χ3n) is 20.8. The zero-order chi connectivity index (χ0) is 79.3. The summed E-state index contributed by atoms with van der Waals surface area (Å²) < 4.78 is 14.0. The van der Waals surface area contributed by atoms with E-state index in [2.05, 4.69) is 150 Å². The molecule has 6 aromatic carbocycles. The lowest BCUT2D eigenvalue weighted by Gasteiger charge is -2.32. The number of rotatable bonds is 20. The number of benzene rings is 6. The number of nitrogens with zero attached hydrogens (tertiary/aromatic N) is 5. The van der Waals surface area contributed by atoms with E-state index in [4.69, 9.17) is 9.31 Å². The van der Waals surface area contributed by atoms with E-state index >= 15 is 0 Å². The quantitative estimate of drug-likeness (QED) is 0.0163. The third-order valence-corrected chi connectivity index (χ3v) is 24.5. The topological polar surface area (TPSA) is 255 Å². The average molecular weight is 1610 g/mol. The van der Waals surface area contributed by atoms with Crippen LogP contribution in [0.5, 0.6) is 0 Å². The Morgan fingerprint density at radius 2 is 1.04 bits per heavy atom. The van der Waals surface area contributed by atoms with Gasteiger partial charge < -0.3 is 55.2 Å². The highest BCUT2D eigenvalue weighted by molar-refractivity contribution is 9.11. The number of likely N-dealkylation sites (N-methyl/N-ethyl adjacent to an activating group) is 2. The first kappa shape index (κ1) is 81.9. The number of carbonyl (C=O) groups is 6. The molecule has 574 valence electrons. The number of halogens is 1. The molecule has 0 spiro atoms. The van der Waals surface area contributed by atoms with Crippen LogP contribution in [-0.4, -0.2) is 148 Å². The average Bonchev–Trinajstić information content (AvgIpc) is 1.62. The summed E-state index contributed by atoms with van der Waals surface area (Å²) in [6.07, 6.45) is 9.11. The van der Waals surface area contributed by atoms with Crippen LogP contribution < -0.4 is 32.0 Å². The van der Waals surface area contributed by atoms with Gasteiger partial charge in [0.2, 0.25) is 11.8 Å². The summed E-state index contributed by atoms with van der Waals surface area (Å²) in [5.74, 6) is -0.259. The number of anilines is 3. The largest absolute Gasteiger partial charge is 0.494 e. The van der Waals surface area contributed by atoms with Gasteiger partial charge in [0.15, 0.2) is 6.29 Å². The SMILES string of the molecule is Brc1cnc(-c2ccccc2)s1.CC1(C)OB(c2ccc3c(c2)CC(=O)N3)OC1(C)C.CCN(CC)CCNC(=O)c1c(C)[nH]c(/C=C2\C(=O)Nc3ccc(-c4cnc(-c5ccccc5)s4)cc32)c1C.CC[N+](C)(CC)CCNC(=O)c1c(C)[nH]c(C=O)c1C.O=C1Cc2cc(-c3cnc(-c4ccccc4)s3)ccc2N1. The van der Waals surface area contributed by atoms with E-state index in [0.717, 1.165) is 168 Å². The molecule has 111 heavy (non-hydrogen) atoms. The number of nitrogens with one attached hydrogen (secondary N) is 7. The lowest BCUT2D eigenvalue weighted by molar-refractivity contribution is -0.904. The van der Waals surface area contributed by atoms with Crippen molar-refractivity contribution in [1.29, 1.82) is 0 Å². The van der Waals surface area contributed by atoms with E-state index < -0.39 is 0 Å². The van der Waals surface area contributed by atoms with Gasteiger partial charge in [0.25, 0.3) is 17.7 Å². The highest BCUT2D eigenvalue weighted by Crippen LogP contribution is 2.41. The van der Waals surface area contributed by atoms with Gasteiger partial charge in [-0.1, -0.05) is 129 Å². The molecule has 4 aliphatic rings. The lowest BCUT2D eigenvalue weighted by Crippen LogP contribution is -2.48. The summed E-state index contributed by atoms with van der Waals surface area (Å²) in [7, 11) is 1.81. The minimum atomic E-state index is -0.369. The number of aryl methyl sites for hydroxylation is 2. The molecular formula is C86H95BBrN12O8S3+. The van der Waals surface area contributed by atoms with Crippen molar-refractivity contribution in [2.45, 2.75) is 107 Å². The second kappa shape index (κ2) is 36.4. The molecule has 15 rings (SSSR count). The molecule has 0 aliphatic carbocycles. The van der Waals surface area contributed by atoms with E-state index in [1.54, 1.807) is 40.9 Å². The molecule has 9 heterocycles. The molecule has 1 fully saturated rings. The minimum Gasteiger partial charge on any atom is -0.399 e. The maximum absolute atomic E-state index is 13.0. The number of aldehydes is 1. The molecule has 20 nitrogen and oxygen atoms in total. The van der Waals surface area contributed by atoms with E-state index in [1.807, 2.05) is 176 Å². The van der Waals surface area contributed by atoms with Crippen LogP contribution in [0.25, 0.3) is 64.2 Å². The second-order valence-corrected chi connectivity index (χ2v) is 33.2. The Balaban J connectivity index is 0.000000146. The maximum Gasteiger partial charge on any atom is 0.494 e. The number of aromatic nitrogens is 5. The van der Waals surface area contributed by atoms with Crippen LogP contribution in [0.15, 0.2) is 168 Å². The van der Waals surface area contributed by atoms with Crippen molar-refractivity contribution >= 4 is 127 Å². The molecule has 5 aromatic heterocycles. The Labute approximate surface area is 670 Å². The standard InChI is InChI=1S/C31H33N5O2S.C17H12N2OS.C15H25N3O2.C14H18BNO3.C9H6BrNS/c1-5-36(6-2)15-14-32-30(38)28-19(3)26(34-20(28)4)17-24-23-16-22(12-13-25(23)35-29(24)37)27-18-33-31(39-27)21-10-8-7-9-11-21;20-16-9-13-8-12(6-7-14(13)19-16)15-10-18-17(21-15)11-4-2-1-3-5-11;1-6-18(5,7-2)9-8-16-15(20)14-11(3)13(10-19)17-12(14)4;1-13(2)14(3,4)19-15(18-13)10-5-6-11-9(7-10)8-12(17)16-11;10-8-6-11-9(12-8)7-4-2-1-3-5-7/h7-13,16-18,34H,5-6,14-15H2,1-4H3,(H,32,38)(H,35,37);1-8,10H,9H2,(H,19,20);10H,6-9H2,1-5H3,(H-,16,17,19,20);5-7H,8H2,1-4H3,(H,16,17);1-6H/p+1/b24-17-;;;;. The first-order chi connectivity index (χ1) is 53.2. The van der Waals surface area contributed by atoms with Gasteiger partial charge in [-0.05, 0) is 174 Å². The molecule has 0 bridgehead atoms. The van der Waals surface area contributed by atoms with E-state index in [9.17, 15) is 28.8 Å². The Bertz CT molecular complexity index is 5180. The molecule has 25 heteroatoms. The predicted octanol–water partition coefficient (Wildman–Crippen LogP) is 16.7. The number of fused-ring (bicyclic) bond motifs is 3. The van der Waals surface area contributed by atoms with E-state index in [0.29, 0.717) is 48.3 Å². The Kier molecular flexibility index (Phi) is 26.8. The smallest absolute Gasteiger partial charge is 0.399 e. The van der Waals surface area contributed by atoms with Gasteiger partial charge in [-0.25, -0.2) is 15.0 Å². The van der Waals surface area contributed by atoms with Crippen molar-refractivity contribution in [3.63, 3.8) is 0 Å². The maximum atomic E-state index is 13.0. The number of hydrogen-bond donors (Lipinski definition) is 7. The van der Waals surface area contributed by atoms with Gasteiger partial charge in [-0.3, -0.25) is 28.8 Å². The number of thiazole rings is 3. The van der Waals surface area contributed by atoms with E-state index in [1.165, 1.54) is 5.56 Å². The summed E-state index contributed by atoms with van der Waals surface area (Å²) in [6.45, 7) is 31.0. The number of quaternary nitrogens is 1. The Morgan fingerprint density at radius 3 is 1.52 bits per heavy atom.